The molecule has 68 valence electrons. The highest BCUT2D eigenvalue weighted by Crippen LogP contribution is 2.41. The molecule has 0 radical (unpaired) electrons. The maximum absolute atomic E-state index is 11.4. The van der Waals surface area contributed by atoms with Crippen molar-refractivity contribution < 1.29 is 9.53 Å². The van der Waals surface area contributed by atoms with Gasteiger partial charge in [-0.2, -0.15) is 0 Å². The van der Waals surface area contributed by atoms with E-state index in [0.717, 1.165) is 12.8 Å². The third-order valence-electron chi connectivity index (χ3n) is 3.04. The predicted octanol–water partition coefficient (Wildman–Crippen LogP) is 0.690. The monoisotopic (exact) mass is 169 g/mol. The summed E-state index contributed by atoms with van der Waals surface area (Å²) in [6.07, 6.45) is 3.12. The van der Waals surface area contributed by atoms with Crippen LogP contribution >= 0.6 is 0 Å². The van der Waals surface area contributed by atoms with Crippen molar-refractivity contribution in [2.24, 2.45) is 5.92 Å². The highest BCUT2D eigenvalue weighted by Gasteiger charge is 2.54. The molecule has 2 aliphatic heterocycles. The van der Waals surface area contributed by atoms with E-state index in [1.54, 1.807) is 0 Å². The summed E-state index contributed by atoms with van der Waals surface area (Å²) in [6, 6.07) is 0.563. The van der Waals surface area contributed by atoms with Gasteiger partial charge in [-0.25, -0.2) is 0 Å². The van der Waals surface area contributed by atoms with E-state index in [1.165, 1.54) is 13.5 Å². The van der Waals surface area contributed by atoms with Crippen LogP contribution in [-0.4, -0.2) is 24.7 Å². The number of nitrogens with one attached hydrogen (secondary N) is 1. The fraction of sp³-hybridized carbons (Fsp3) is 0.889. The van der Waals surface area contributed by atoms with E-state index in [1.807, 2.05) is 0 Å². The van der Waals surface area contributed by atoms with Crippen molar-refractivity contribution in [2.45, 2.75) is 37.8 Å². The molecular formula is C9H15NO2. The molecule has 1 N–H and O–H groups in total. The molecule has 1 aliphatic carbocycles. The van der Waals surface area contributed by atoms with Crippen LogP contribution in [0.15, 0.2) is 0 Å². The minimum absolute atomic E-state index is 0.0784. The maximum atomic E-state index is 11.4. The smallest absolute Gasteiger partial charge is 0.326 e. The molecule has 2 saturated heterocycles. The third kappa shape index (κ3) is 0.959. The Morgan fingerprint density at radius 1 is 1.58 bits per heavy atom. The SMILES string of the molecule is COC(=O)C12CC(C)CC(C1)N2. The molecule has 2 heterocycles. The van der Waals surface area contributed by atoms with Gasteiger partial charge in [0.25, 0.3) is 0 Å². The predicted molar refractivity (Wildman–Crippen MR) is 44.7 cm³/mol. The zero-order valence-corrected chi connectivity index (χ0v) is 7.59. The molecule has 3 nitrogen and oxygen atoms in total. The molecule has 0 spiro atoms. The van der Waals surface area contributed by atoms with Crippen molar-refractivity contribution in [2.75, 3.05) is 7.11 Å². The Morgan fingerprint density at radius 3 is 2.75 bits per heavy atom. The van der Waals surface area contributed by atoms with Gasteiger partial charge in [0.2, 0.25) is 0 Å². The summed E-state index contributed by atoms with van der Waals surface area (Å²) in [6.45, 7) is 2.20. The Bertz CT molecular complexity index is 209. The minimum Gasteiger partial charge on any atom is -0.468 e. The van der Waals surface area contributed by atoms with Crippen molar-refractivity contribution in [3.8, 4) is 0 Å². The zero-order chi connectivity index (χ0) is 8.77. The molecule has 0 aromatic carbocycles. The van der Waals surface area contributed by atoms with Crippen LogP contribution in [0.5, 0.6) is 0 Å². The first kappa shape index (κ1) is 8.05. The summed E-state index contributed by atoms with van der Waals surface area (Å²) < 4.78 is 4.78. The lowest BCUT2D eigenvalue weighted by Gasteiger charge is -2.53. The molecule has 3 unspecified atom stereocenters. The number of rotatable bonds is 1. The normalized spacial score (nSPS) is 44.8. The van der Waals surface area contributed by atoms with Crippen molar-refractivity contribution in [1.29, 1.82) is 0 Å². The van der Waals surface area contributed by atoms with E-state index >= 15 is 0 Å². The van der Waals surface area contributed by atoms with Crippen molar-refractivity contribution >= 4 is 5.97 Å². The Morgan fingerprint density at radius 2 is 2.25 bits per heavy atom. The van der Waals surface area contributed by atoms with Crippen LogP contribution in [0.4, 0.5) is 0 Å². The van der Waals surface area contributed by atoms with Crippen LogP contribution in [0.25, 0.3) is 0 Å². The Hall–Kier alpha value is -0.570. The number of hydrogen-bond donors (Lipinski definition) is 1. The van der Waals surface area contributed by atoms with E-state index in [0.29, 0.717) is 12.0 Å². The Kier molecular flexibility index (Phi) is 1.65. The molecular weight excluding hydrogens is 154 g/mol. The highest BCUT2D eigenvalue weighted by molar-refractivity contribution is 5.82. The Balaban J connectivity index is 2.08. The molecule has 12 heavy (non-hydrogen) atoms. The highest BCUT2D eigenvalue weighted by atomic mass is 16.5. The number of piperidine rings is 1. The average Bonchev–Trinajstić information content (AvgIpc) is 2.00. The van der Waals surface area contributed by atoms with Gasteiger partial charge in [0, 0.05) is 6.04 Å². The van der Waals surface area contributed by atoms with Crippen LogP contribution in [0.2, 0.25) is 0 Å². The van der Waals surface area contributed by atoms with Crippen molar-refractivity contribution in [3.63, 3.8) is 0 Å². The summed E-state index contributed by atoms with van der Waals surface area (Å²) >= 11 is 0. The van der Waals surface area contributed by atoms with Gasteiger partial charge in [0.1, 0.15) is 5.54 Å². The molecule has 0 aromatic rings. The maximum Gasteiger partial charge on any atom is 0.326 e. The van der Waals surface area contributed by atoms with Gasteiger partial charge in [-0.05, 0) is 25.2 Å². The van der Waals surface area contributed by atoms with E-state index < -0.39 is 0 Å². The lowest BCUT2D eigenvalue weighted by molar-refractivity contribution is -0.158. The van der Waals surface area contributed by atoms with Gasteiger partial charge in [0.15, 0.2) is 0 Å². The summed E-state index contributed by atoms with van der Waals surface area (Å²) in [5, 5.41) is 3.30. The lowest BCUT2D eigenvalue weighted by atomic mass is 9.66. The first-order chi connectivity index (χ1) is 5.66. The van der Waals surface area contributed by atoms with Crippen LogP contribution in [-0.2, 0) is 9.53 Å². The van der Waals surface area contributed by atoms with E-state index in [-0.39, 0.29) is 11.5 Å². The van der Waals surface area contributed by atoms with Gasteiger partial charge in [0.05, 0.1) is 7.11 Å². The molecule has 3 atom stereocenters. The third-order valence-corrected chi connectivity index (χ3v) is 3.04. The van der Waals surface area contributed by atoms with E-state index in [2.05, 4.69) is 12.2 Å². The summed E-state index contributed by atoms with van der Waals surface area (Å²) in [4.78, 5) is 11.4. The molecule has 0 amide bonds. The van der Waals surface area contributed by atoms with Gasteiger partial charge < -0.3 is 4.74 Å². The number of ether oxygens (including phenoxy) is 1. The van der Waals surface area contributed by atoms with Gasteiger partial charge in [-0.3, -0.25) is 10.1 Å². The number of carbonyl (C=O) groups excluding carboxylic acids is 1. The van der Waals surface area contributed by atoms with Gasteiger partial charge in [-0.15, -0.1) is 0 Å². The summed E-state index contributed by atoms with van der Waals surface area (Å²) in [5.41, 5.74) is -0.308. The van der Waals surface area contributed by atoms with Crippen molar-refractivity contribution in [3.05, 3.63) is 0 Å². The number of methoxy groups -OCH3 is 1. The van der Waals surface area contributed by atoms with Crippen LogP contribution in [0.1, 0.15) is 26.2 Å². The fourth-order valence-electron chi connectivity index (χ4n) is 2.66. The number of carbonyl (C=O) groups is 1. The van der Waals surface area contributed by atoms with Crippen molar-refractivity contribution in [1.82, 2.24) is 5.32 Å². The summed E-state index contributed by atoms with van der Waals surface area (Å²) in [7, 11) is 1.46. The minimum atomic E-state index is -0.308. The average molecular weight is 169 g/mol. The van der Waals surface area contributed by atoms with Gasteiger partial charge in [-0.1, -0.05) is 6.92 Å². The molecule has 3 fully saturated rings. The summed E-state index contributed by atoms with van der Waals surface area (Å²) in [5.74, 6) is 0.578. The topological polar surface area (TPSA) is 38.3 Å². The standard InChI is InChI=1S/C9H15NO2/c1-6-3-7-5-9(4-6,10-7)8(11)12-2/h6-7,10H,3-5H2,1-2H3. The largest absolute Gasteiger partial charge is 0.468 e. The first-order valence-corrected chi connectivity index (χ1v) is 4.52. The van der Waals surface area contributed by atoms with E-state index in [4.69, 9.17) is 4.74 Å². The number of hydrogen-bond acceptors (Lipinski definition) is 3. The second-order valence-corrected chi connectivity index (χ2v) is 4.16. The fourth-order valence-corrected chi connectivity index (χ4v) is 2.66. The van der Waals surface area contributed by atoms with Crippen LogP contribution in [0, 0.1) is 5.92 Å². The first-order valence-electron chi connectivity index (χ1n) is 4.52. The second kappa shape index (κ2) is 2.46. The lowest BCUT2D eigenvalue weighted by Crippen LogP contribution is -2.71. The zero-order valence-electron chi connectivity index (χ0n) is 7.59. The number of fused-ring (bicyclic) bond motifs is 2. The van der Waals surface area contributed by atoms with Gasteiger partial charge >= 0.3 is 5.97 Å². The molecule has 1 saturated carbocycles. The molecule has 2 bridgehead atoms. The van der Waals surface area contributed by atoms with E-state index in [9.17, 15) is 4.79 Å². The molecule has 3 heteroatoms. The molecule has 3 aliphatic rings. The number of esters is 1. The van der Waals surface area contributed by atoms with Crippen LogP contribution in [0.3, 0.4) is 0 Å². The van der Waals surface area contributed by atoms with Crippen LogP contribution < -0.4 is 5.32 Å². The molecule has 3 rings (SSSR count). The second-order valence-electron chi connectivity index (χ2n) is 4.16. The molecule has 0 aromatic heterocycles. The Labute approximate surface area is 72.5 Å². The quantitative estimate of drug-likeness (QED) is 0.587.